The topological polar surface area (TPSA) is 57.7 Å². The van der Waals surface area contributed by atoms with Gasteiger partial charge in [0.15, 0.2) is 0 Å². The fourth-order valence-electron chi connectivity index (χ4n) is 2.65. The van der Waals surface area contributed by atoms with Gasteiger partial charge < -0.3 is 4.90 Å². The second-order valence-electron chi connectivity index (χ2n) is 5.34. The van der Waals surface area contributed by atoms with Crippen LogP contribution in [-0.2, 0) is 21.2 Å². The molecule has 0 spiro atoms. The summed E-state index contributed by atoms with van der Waals surface area (Å²) in [5, 5.41) is 0. The molecule has 116 valence electrons. The molecule has 0 unspecified atom stereocenters. The number of fused-ring (bicyclic) bond motifs is 1. The molecule has 0 N–H and O–H groups in total. The van der Waals surface area contributed by atoms with Crippen LogP contribution in [0.2, 0.25) is 0 Å². The molecule has 1 heterocycles. The van der Waals surface area contributed by atoms with Crippen LogP contribution in [0.3, 0.4) is 0 Å². The first-order valence-electron chi connectivity index (χ1n) is 7.27. The lowest BCUT2D eigenvalue weighted by molar-refractivity contribution is -0.118. The number of nitrogens with zero attached hydrogens (tertiary/aromatic N) is 2. The van der Waals surface area contributed by atoms with Crippen LogP contribution in [0, 0.1) is 0 Å². The Hall–Kier alpha value is -1.40. The highest BCUT2D eigenvalue weighted by Gasteiger charge is 2.25. The average molecular weight is 310 g/mol. The molecule has 1 aliphatic rings. The van der Waals surface area contributed by atoms with Crippen LogP contribution in [0.4, 0.5) is 5.69 Å². The van der Waals surface area contributed by atoms with E-state index in [1.807, 2.05) is 31.2 Å². The molecule has 1 aromatic carbocycles. The Morgan fingerprint density at radius 3 is 2.67 bits per heavy atom. The highest BCUT2D eigenvalue weighted by molar-refractivity contribution is 7.88. The number of hydrogen-bond acceptors (Lipinski definition) is 3. The first kappa shape index (κ1) is 16.0. The fraction of sp³-hybridized carbons (Fsp3) is 0.533. The van der Waals surface area contributed by atoms with Crippen molar-refractivity contribution < 1.29 is 13.2 Å². The van der Waals surface area contributed by atoms with Crippen molar-refractivity contribution in [3.8, 4) is 0 Å². The second-order valence-corrected chi connectivity index (χ2v) is 7.32. The maximum absolute atomic E-state index is 12.3. The number of rotatable bonds is 6. The van der Waals surface area contributed by atoms with Crippen molar-refractivity contribution in [2.45, 2.75) is 26.2 Å². The Morgan fingerprint density at radius 1 is 1.29 bits per heavy atom. The third-order valence-electron chi connectivity index (χ3n) is 3.71. The van der Waals surface area contributed by atoms with Gasteiger partial charge in [-0.1, -0.05) is 25.1 Å². The lowest BCUT2D eigenvalue weighted by Gasteiger charge is -2.21. The summed E-state index contributed by atoms with van der Waals surface area (Å²) in [6.07, 6.45) is 3.03. The quantitative estimate of drug-likeness (QED) is 0.802. The fourth-order valence-corrected chi connectivity index (χ4v) is 3.58. The van der Waals surface area contributed by atoms with Crippen LogP contribution in [0.25, 0.3) is 0 Å². The molecule has 0 saturated heterocycles. The van der Waals surface area contributed by atoms with Gasteiger partial charge in [-0.15, -0.1) is 0 Å². The lowest BCUT2D eigenvalue weighted by Crippen LogP contribution is -2.36. The molecule has 0 fully saturated rings. The largest absolute Gasteiger partial charge is 0.312 e. The van der Waals surface area contributed by atoms with Gasteiger partial charge >= 0.3 is 0 Å². The normalized spacial score (nSPS) is 14.5. The van der Waals surface area contributed by atoms with Gasteiger partial charge in [0.2, 0.25) is 15.9 Å². The zero-order valence-corrected chi connectivity index (χ0v) is 13.4. The number of anilines is 1. The molecule has 0 atom stereocenters. The molecule has 0 aliphatic carbocycles. The first-order valence-corrected chi connectivity index (χ1v) is 9.11. The van der Waals surface area contributed by atoms with Crippen molar-refractivity contribution in [2.24, 2.45) is 0 Å². The zero-order valence-electron chi connectivity index (χ0n) is 12.6. The third-order valence-corrected chi connectivity index (χ3v) is 5.01. The number of carbonyl (C=O) groups is 1. The third kappa shape index (κ3) is 3.83. The summed E-state index contributed by atoms with van der Waals surface area (Å²) in [7, 11) is -3.24. The average Bonchev–Trinajstić information content (AvgIpc) is 2.85. The molecule has 0 aromatic heterocycles. The molecule has 21 heavy (non-hydrogen) atoms. The van der Waals surface area contributed by atoms with Crippen LogP contribution in [0.15, 0.2) is 24.3 Å². The standard InChI is InChI=1S/C15H22N2O3S/c1-3-10-16(21(2,19)20)11-9-15(18)17-12-8-13-6-4-5-7-14(13)17/h4-7H,3,8-12H2,1-2H3. The number of para-hydroxylation sites is 1. The first-order chi connectivity index (χ1) is 9.93. The van der Waals surface area contributed by atoms with Crippen LogP contribution >= 0.6 is 0 Å². The van der Waals surface area contributed by atoms with Crippen LogP contribution in [0.5, 0.6) is 0 Å². The van der Waals surface area contributed by atoms with Crippen molar-refractivity contribution >= 4 is 21.6 Å². The van der Waals surface area contributed by atoms with E-state index < -0.39 is 10.0 Å². The predicted molar refractivity (Wildman–Crippen MR) is 83.8 cm³/mol. The van der Waals surface area contributed by atoms with Crippen molar-refractivity contribution in [1.29, 1.82) is 0 Å². The van der Waals surface area contributed by atoms with Crippen LogP contribution in [0.1, 0.15) is 25.3 Å². The number of hydrogen-bond donors (Lipinski definition) is 0. The minimum absolute atomic E-state index is 0.00953. The van der Waals surface area contributed by atoms with Gasteiger partial charge in [-0.05, 0) is 24.5 Å². The molecule has 0 bridgehead atoms. The van der Waals surface area contributed by atoms with Gasteiger partial charge in [-0.25, -0.2) is 12.7 Å². The van der Waals surface area contributed by atoms with Crippen molar-refractivity contribution in [3.63, 3.8) is 0 Å². The Morgan fingerprint density at radius 2 is 2.00 bits per heavy atom. The van der Waals surface area contributed by atoms with Gasteiger partial charge in [-0.2, -0.15) is 0 Å². The SMILES string of the molecule is CCCN(CCC(=O)N1CCc2ccccc21)S(C)(=O)=O. The molecule has 6 heteroatoms. The van der Waals surface area contributed by atoms with Gasteiger partial charge in [0.25, 0.3) is 0 Å². The number of amides is 1. The van der Waals surface area contributed by atoms with Gasteiger partial charge in [0.05, 0.1) is 6.26 Å². The Kier molecular flexibility index (Phi) is 5.00. The Labute approximate surface area is 126 Å². The number of sulfonamides is 1. The maximum Gasteiger partial charge on any atom is 0.228 e. The van der Waals surface area contributed by atoms with E-state index >= 15 is 0 Å². The smallest absolute Gasteiger partial charge is 0.228 e. The summed E-state index contributed by atoms with van der Waals surface area (Å²) < 4.78 is 24.7. The van der Waals surface area contributed by atoms with E-state index in [9.17, 15) is 13.2 Å². The summed E-state index contributed by atoms with van der Waals surface area (Å²) in [5.41, 5.74) is 2.14. The van der Waals surface area contributed by atoms with Gasteiger partial charge in [0.1, 0.15) is 0 Å². The van der Waals surface area contributed by atoms with Gasteiger partial charge in [0, 0.05) is 31.7 Å². The van der Waals surface area contributed by atoms with E-state index in [0.29, 0.717) is 13.1 Å². The monoisotopic (exact) mass is 310 g/mol. The molecule has 1 aromatic rings. The van der Waals surface area contributed by atoms with Crippen molar-refractivity contribution in [2.75, 3.05) is 30.8 Å². The molecule has 0 radical (unpaired) electrons. The summed E-state index contributed by atoms with van der Waals surface area (Å²) in [6, 6.07) is 7.87. The number of carbonyl (C=O) groups excluding carboxylic acids is 1. The van der Waals surface area contributed by atoms with E-state index in [4.69, 9.17) is 0 Å². The van der Waals surface area contributed by atoms with E-state index in [2.05, 4.69) is 0 Å². The van der Waals surface area contributed by atoms with Crippen LogP contribution in [-0.4, -0.2) is 44.5 Å². The summed E-state index contributed by atoms with van der Waals surface area (Å²) in [5.74, 6) is -0.00953. The Balaban J connectivity index is 2.00. The van der Waals surface area contributed by atoms with Crippen molar-refractivity contribution in [3.05, 3.63) is 29.8 Å². The molecule has 5 nitrogen and oxygen atoms in total. The molecular weight excluding hydrogens is 288 g/mol. The van der Waals surface area contributed by atoms with E-state index in [0.717, 1.165) is 18.5 Å². The minimum atomic E-state index is -3.24. The van der Waals surface area contributed by atoms with E-state index in [1.54, 1.807) is 4.90 Å². The number of benzene rings is 1. The molecule has 1 amide bonds. The summed E-state index contributed by atoms with van der Waals surface area (Å²) >= 11 is 0. The van der Waals surface area contributed by atoms with Crippen LogP contribution < -0.4 is 4.90 Å². The highest BCUT2D eigenvalue weighted by Crippen LogP contribution is 2.27. The predicted octanol–water partition coefficient (Wildman–Crippen LogP) is 1.64. The molecule has 2 rings (SSSR count). The second kappa shape index (κ2) is 6.58. The zero-order chi connectivity index (χ0) is 15.5. The summed E-state index contributed by atoms with van der Waals surface area (Å²) in [6.45, 7) is 3.33. The van der Waals surface area contributed by atoms with E-state index in [-0.39, 0.29) is 18.9 Å². The molecular formula is C15H22N2O3S. The van der Waals surface area contributed by atoms with Gasteiger partial charge in [-0.3, -0.25) is 4.79 Å². The van der Waals surface area contributed by atoms with Crippen molar-refractivity contribution in [1.82, 2.24) is 4.31 Å². The minimum Gasteiger partial charge on any atom is -0.312 e. The van der Waals surface area contributed by atoms with E-state index in [1.165, 1.54) is 16.1 Å². The Bertz CT molecular complexity index is 613. The highest BCUT2D eigenvalue weighted by atomic mass is 32.2. The molecule has 0 saturated carbocycles. The maximum atomic E-state index is 12.3. The summed E-state index contributed by atoms with van der Waals surface area (Å²) in [4.78, 5) is 14.1. The molecule has 1 aliphatic heterocycles. The lowest BCUT2D eigenvalue weighted by atomic mass is 10.2.